The highest BCUT2D eigenvalue weighted by atomic mass is 32.2. The Kier molecular flexibility index (Phi) is 4.63. The van der Waals surface area contributed by atoms with Gasteiger partial charge >= 0.3 is 6.03 Å². The first-order valence-corrected chi connectivity index (χ1v) is 11.1. The van der Waals surface area contributed by atoms with Crippen molar-refractivity contribution in [3.05, 3.63) is 48.7 Å². The van der Waals surface area contributed by atoms with Crippen molar-refractivity contribution in [2.24, 2.45) is 5.41 Å². The van der Waals surface area contributed by atoms with E-state index in [1.165, 1.54) is 0 Å². The largest absolute Gasteiger partial charge is 0.324 e. The highest BCUT2D eigenvalue weighted by Crippen LogP contribution is 2.40. The molecule has 2 aromatic rings. The Morgan fingerprint density at radius 1 is 1.11 bits per heavy atom. The van der Waals surface area contributed by atoms with Crippen LogP contribution in [-0.4, -0.2) is 48.9 Å². The zero-order valence-electron chi connectivity index (χ0n) is 15.1. The molecule has 7 heteroatoms. The maximum absolute atomic E-state index is 12.9. The van der Waals surface area contributed by atoms with Crippen molar-refractivity contribution < 1.29 is 13.2 Å². The number of sulfone groups is 1. The Labute approximate surface area is 159 Å². The molecular weight excluding hydrogens is 362 g/mol. The second kappa shape index (κ2) is 6.96. The molecule has 0 bridgehead atoms. The number of rotatable bonds is 2. The highest BCUT2D eigenvalue weighted by Gasteiger charge is 2.45. The van der Waals surface area contributed by atoms with E-state index in [0.717, 1.165) is 24.1 Å². The summed E-state index contributed by atoms with van der Waals surface area (Å²) in [5.41, 5.74) is 2.05. The minimum atomic E-state index is -2.97. The lowest BCUT2D eigenvalue weighted by atomic mass is 9.80. The van der Waals surface area contributed by atoms with Crippen LogP contribution in [0.25, 0.3) is 11.3 Å². The summed E-state index contributed by atoms with van der Waals surface area (Å²) in [6.45, 7) is 1.15. The lowest BCUT2D eigenvalue weighted by Gasteiger charge is -2.39. The monoisotopic (exact) mass is 385 g/mol. The maximum atomic E-state index is 12.9. The SMILES string of the molecule is O=C(Nc1cccnc1-c1ccccc1)N1CCCC2(CCS(=O)(=O)C2)C1. The Balaban J connectivity index is 1.52. The number of carbonyl (C=O) groups is 1. The fourth-order valence-corrected chi connectivity index (χ4v) is 6.41. The van der Waals surface area contributed by atoms with Gasteiger partial charge in [-0.3, -0.25) is 4.98 Å². The Morgan fingerprint density at radius 2 is 1.93 bits per heavy atom. The van der Waals surface area contributed by atoms with Gasteiger partial charge in [0.25, 0.3) is 0 Å². The molecule has 3 heterocycles. The molecule has 4 rings (SSSR count). The van der Waals surface area contributed by atoms with Crippen LogP contribution in [0.2, 0.25) is 0 Å². The molecule has 0 aliphatic carbocycles. The first-order valence-electron chi connectivity index (χ1n) is 9.23. The van der Waals surface area contributed by atoms with E-state index in [-0.39, 0.29) is 23.0 Å². The van der Waals surface area contributed by atoms with Crippen LogP contribution in [0.1, 0.15) is 19.3 Å². The first-order chi connectivity index (χ1) is 13.0. The second-order valence-electron chi connectivity index (χ2n) is 7.56. The second-order valence-corrected chi connectivity index (χ2v) is 9.75. The van der Waals surface area contributed by atoms with Crippen LogP contribution in [0.15, 0.2) is 48.7 Å². The van der Waals surface area contributed by atoms with Crippen molar-refractivity contribution in [2.75, 3.05) is 29.9 Å². The predicted octanol–water partition coefficient (Wildman–Crippen LogP) is 3.18. The van der Waals surface area contributed by atoms with E-state index in [0.29, 0.717) is 25.2 Å². The van der Waals surface area contributed by atoms with Crippen molar-refractivity contribution in [1.29, 1.82) is 0 Å². The summed E-state index contributed by atoms with van der Waals surface area (Å²) >= 11 is 0. The van der Waals surface area contributed by atoms with Gasteiger partial charge in [-0.15, -0.1) is 0 Å². The fourth-order valence-electron chi connectivity index (χ4n) is 4.21. The molecule has 2 amide bonds. The molecule has 0 radical (unpaired) electrons. The van der Waals surface area contributed by atoms with E-state index >= 15 is 0 Å². The van der Waals surface area contributed by atoms with Gasteiger partial charge in [-0.2, -0.15) is 0 Å². The minimum Gasteiger partial charge on any atom is -0.324 e. The molecule has 1 aromatic carbocycles. The van der Waals surface area contributed by atoms with Crippen LogP contribution in [0.4, 0.5) is 10.5 Å². The molecule has 0 saturated carbocycles. The molecule has 1 spiro atoms. The third-order valence-corrected chi connectivity index (χ3v) is 7.39. The van der Waals surface area contributed by atoms with Gasteiger partial charge in [0, 0.05) is 30.3 Å². The number of nitrogens with one attached hydrogen (secondary N) is 1. The minimum absolute atomic E-state index is 0.191. The van der Waals surface area contributed by atoms with E-state index in [9.17, 15) is 13.2 Å². The number of amides is 2. The summed E-state index contributed by atoms with van der Waals surface area (Å²) in [5, 5.41) is 2.98. The average molecular weight is 385 g/mol. The lowest BCUT2D eigenvalue weighted by molar-refractivity contribution is 0.130. The molecule has 2 aliphatic heterocycles. The number of carbonyl (C=O) groups excluding carboxylic acids is 1. The Morgan fingerprint density at radius 3 is 2.67 bits per heavy atom. The number of urea groups is 1. The third-order valence-electron chi connectivity index (χ3n) is 5.51. The zero-order chi connectivity index (χ0) is 18.9. The van der Waals surface area contributed by atoms with Crippen molar-refractivity contribution >= 4 is 21.6 Å². The van der Waals surface area contributed by atoms with Gasteiger partial charge in [-0.1, -0.05) is 30.3 Å². The molecule has 2 aliphatic rings. The van der Waals surface area contributed by atoms with Crippen molar-refractivity contribution in [3.63, 3.8) is 0 Å². The summed E-state index contributed by atoms with van der Waals surface area (Å²) in [6.07, 6.45) is 4.07. The summed E-state index contributed by atoms with van der Waals surface area (Å²) in [6, 6.07) is 13.2. The molecule has 1 atom stereocenters. The van der Waals surface area contributed by atoms with Gasteiger partial charge in [0.15, 0.2) is 9.84 Å². The van der Waals surface area contributed by atoms with E-state index in [1.807, 2.05) is 36.4 Å². The maximum Gasteiger partial charge on any atom is 0.321 e. The van der Waals surface area contributed by atoms with Crippen LogP contribution in [0.3, 0.4) is 0 Å². The van der Waals surface area contributed by atoms with Crippen molar-refractivity contribution in [3.8, 4) is 11.3 Å². The Hall–Kier alpha value is -2.41. The Bertz CT molecular complexity index is 946. The van der Waals surface area contributed by atoms with E-state index in [1.54, 1.807) is 17.2 Å². The van der Waals surface area contributed by atoms with E-state index < -0.39 is 9.84 Å². The van der Waals surface area contributed by atoms with Crippen LogP contribution in [0.5, 0.6) is 0 Å². The quantitative estimate of drug-likeness (QED) is 0.861. The molecule has 1 unspecified atom stereocenters. The van der Waals surface area contributed by atoms with E-state index in [2.05, 4.69) is 10.3 Å². The molecule has 6 nitrogen and oxygen atoms in total. The zero-order valence-corrected chi connectivity index (χ0v) is 15.9. The highest BCUT2D eigenvalue weighted by molar-refractivity contribution is 7.91. The van der Waals surface area contributed by atoms with Crippen molar-refractivity contribution in [2.45, 2.75) is 19.3 Å². The number of likely N-dealkylation sites (tertiary alicyclic amines) is 1. The van der Waals surface area contributed by atoms with Crippen LogP contribution in [0, 0.1) is 5.41 Å². The number of hydrogen-bond donors (Lipinski definition) is 1. The fraction of sp³-hybridized carbons (Fsp3) is 0.400. The van der Waals surface area contributed by atoms with Crippen LogP contribution >= 0.6 is 0 Å². The normalized spacial score (nSPS) is 24.1. The average Bonchev–Trinajstić information content (AvgIpc) is 2.96. The van der Waals surface area contributed by atoms with Gasteiger partial charge in [-0.05, 0) is 31.4 Å². The van der Waals surface area contributed by atoms with Gasteiger partial charge < -0.3 is 10.2 Å². The number of piperidine rings is 1. The number of anilines is 1. The number of nitrogens with zero attached hydrogens (tertiary/aromatic N) is 2. The van der Waals surface area contributed by atoms with Gasteiger partial charge in [0.05, 0.1) is 22.9 Å². The molecule has 2 fully saturated rings. The first kappa shape index (κ1) is 18.0. The molecule has 27 heavy (non-hydrogen) atoms. The predicted molar refractivity (Wildman–Crippen MR) is 105 cm³/mol. The summed E-state index contributed by atoms with van der Waals surface area (Å²) < 4.78 is 23.9. The molecule has 1 N–H and O–H groups in total. The van der Waals surface area contributed by atoms with Gasteiger partial charge in [0.1, 0.15) is 0 Å². The lowest BCUT2D eigenvalue weighted by Crippen LogP contribution is -2.48. The van der Waals surface area contributed by atoms with E-state index in [4.69, 9.17) is 0 Å². The summed E-state index contributed by atoms with van der Waals surface area (Å²) in [7, 11) is -2.97. The number of aromatic nitrogens is 1. The number of benzene rings is 1. The summed E-state index contributed by atoms with van der Waals surface area (Å²) in [5.74, 6) is 0.440. The smallest absolute Gasteiger partial charge is 0.321 e. The molecular formula is C20H23N3O3S. The molecule has 1 aromatic heterocycles. The topological polar surface area (TPSA) is 79.4 Å². The van der Waals surface area contributed by atoms with Crippen LogP contribution < -0.4 is 5.32 Å². The standard InChI is InChI=1S/C20H23N3O3S/c24-19(23-12-5-9-20(14-23)10-13-27(25,26)15-20)22-17-8-4-11-21-18(17)16-6-2-1-3-7-16/h1-4,6-8,11H,5,9-10,12-15H2,(H,22,24). The molecule has 2 saturated heterocycles. The van der Waals surface area contributed by atoms with Gasteiger partial charge in [0.2, 0.25) is 0 Å². The van der Waals surface area contributed by atoms with Crippen LogP contribution in [-0.2, 0) is 9.84 Å². The number of pyridine rings is 1. The summed E-state index contributed by atoms with van der Waals surface area (Å²) in [4.78, 5) is 19.1. The van der Waals surface area contributed by atoms with Crippen molar-refractivity contribution in [1.82, 2.24) is 9.88 Å². The third kappa shape index (κ3) is 3.83. The van der Waals surface area contributed by atoms with Gasteiger partial charge in [-0.25, -0.2) is 13.2 Å². The molecule has 142 valence electrons. The number of hydrogen-bond acceptors (Lipinski definition) is 4.